The molecule has 2 aromatic rings. The van der Waals surface area contributed by atoms with Crippen LogP contribution < -0.4 is 5.32 Å². The summed E-state index contributed by atoms with van der Waals surface area (Å²) >= 11 is 1.74. The molecule has 2 nitrogen and oxygen atoms in total. The van der Waals surface area contributed by atoms with E-state index in [1.165, 1.54) is 16.8 Å². The van der Waals surface area contributed by atoms with Crippen molar-refractivity contribution in [3.05, 3.63) is 51.5 Å². The summed E-state index contributed by atoms with van der Waals surface area (Å²) in [5, 5.41) is 6.91. The van der Waals surface area contributed by atoms with Gasteiger partial charge in [0.15, 0.2) is 0 Å². The van der Waals surface area contributed by atoms with E-state index in [1.54, 1.807) is 11.3 Å². The molecule has 0 spiro atoms. The van der Waals surface area contributed by atoms with E-state index in [4.69, 9.17) is 4.98 Å². The number of aromatic nitrogens is 1. The van der Waals surface area contributed by atoms with Crippen molar-refractivity contribution in [2.24, 2.45) is 0 Å². The van der Waals surface area contributed by atoms with Gasteiger partial charge in [-0.2, -0.15) is 0 Å². The molecule has 0 saturated heterocycles. The molecule has 0 saturated carbocycles. The van der Waals surface area contributed by atoms with E-state index in [0.29, 0.717) is 6.04 Å². The summed E-state index contributed by atoms with van der Waals surface area (Å²) in [6, 6.07) is 8.88. The van der Waals surface area contributed by atoms with Crippen LogP contribution in [0, 0.1) is 6.92 Å². The highest BCUT2D eigenvalue weighted by Crippen LogP contribution is 2.24. The van der Waals surface area contributed by atoms with Gasteiger partial charge in [-0.15, -0.1) is 11.3 Å². The molecule has 1 heterocycles. The van der Waals surface area contributed by atoms with Crippen LogP contribution in [0.5, 0.6) is 0 Å². The molecule has 0 unspecified atom stereocenters. The van der Waals surface area contributed by atoms with E-state index in [2.05, 4.69) is 69.6 Å². The number of rotatable bonds is 4. The lowest BCUT2D eigenvalue weighted by molar-refractivity contribution is 0.553. The third-order valence-corrected chi connectivity index (χ3v) is 4.38. The average Bonchev–Trinajstić information content (AvgIpc) is 2.85. The van der Waals surface area contributed by atoms with E-state index in [9.17, 15) is 0 Å². The number of benzene rings is 1. The first kappa shape index (κ1) is 15.2. The van der Waals surface area contributed by atoms with Crippen LogP contribution in [-0.4, -0.2) is 4.98 Å². The van der Waals surface area contributed by atoms with Crippen molar-refractivity contribution in [1.82, 2.24) is 10.3 Å². The summed E-state index contributed by atoms with van der Waals surface area (Å²) in [4.78, 5) is 4.73. The SMILES string of the molecule is Cc1ccccc1[C@@H](C)NCc1nc(C(C)(C)C)cs1. The Morgan fingerprint density at radius 2 is 1.95 bits per heavy atom. The summed E-state index contributed by atoms with van der Waals surface area (Å²) in [6.07, 6.45) is 0. The van der Waals surface area contributed by atoms with Crippen molar-refractivity contribution in [3.8, 4) is 0 Å². The predicted molar refractivity (Wildman–Crippen MR) is 87.2 cm³/mol. The molecule has 0 fully saturated rings. The number of hydrogen-bond donors (Lipinski definition) is 1. The standard InChI is InChI=1S/C17H24N2S/c1-12-8-6-7-9-14(12)13(2)18-10-16-19-15(11-20-16)17(3,4)5/h6-9,11,13,18H,10H2,1-5H3/t13-/m1/s1. The lowest BCUT2D eigenvalue weighted by Crippen LogP contribution is -2.19. The molecule has 1 aromatic carbocycles. The van der Waals surface area contributed by atoms with Gasteiger partial charge in [-0.3, -0.25) is 0 Å². The molecule has 0 aliphatic heterocycles. The molecule has 20 heavy (non-hydrogen) atoms. The Morgan fingerprint density at radius 1 is 1.25 bits per heavy atom. The monoisotopic (exact) mass is 288 g/mol. The minimum Gasteiger partial charge on any atom is -0.304 e. The molecule has 1 aromatic heterocycles. The summed E-state index contributed by atoms with van der Waals surface area (Å²) < 4.78 is 0. The highest BCUT2D eigenvalue weighted by molar-refractivity contribution is 7.09. The van der Waals surface area contributed by atoms with Crippen molar-refractivity contribution >= 4 is 11.3 Å². The average molecular weight is 288 g/mol. The first-order valence-electron chi connectivity index (χ1n) is 7.11. The van der Waals surface area contributed by atoms with Crippen molar-refractivity contribution in [3.63, 3.8) is 0 Å². The normalized spacial score (nSPS) is 13.4. The third kappa shape index (κ3) is 3.68. The van der Waals surface area contributed by atoms with Gasteiger partial charge in [-0.25, -0.2) is 4.98 Å². The maximum atomic E-state index is 4.73. The fourth-order valence-electron chi connectivity index (χ4n) is 2.16. The van der Waals surface area contributed by atoms with E-state index in [1.807, 2.05) is 0 Å². The topological polar surface area (TPSA) is 24.9 Å². The summed E-state index contributed by atoms with van der Waals surface area (Å²) in [5.74, 6) is 0. The first-order chi connectivity index (χ1) is 9.38. The highest BCUT2D eigenvalue weighted by Gasteiger charge is 2.17. The third-order valence-electron chi connectivity index (χ3n) is 3.53. The van der Waals surface area contributed by atoms with Crippen LogP contribution in [-0.2, 0) is 12.0 Å². The van der Waals surface area contributed by atoms with Gasteiger partial charge < -0.3 is 5.32 Å². The highest BCUT2D eigenvalue weighted by atomic mass is 32.1. The minimum atomic E-state index is 0.135. The maximum Gasteiger partial charge on any atom is 0.107 e. The Labute approximate surface area is 126 Å². The zero-order chi connectivity index (χ0) is 14.8. The van der Waals surface area contributed by atoms with Crippen LogP contribution in [0.1, 0.15) is 55.6 Å². The number of nitrogens with one attached hydrogen (secondary N) is 1. The van der Waals surface area contributed by atoms with Gasteiger partial charge in [0.25, 0.3) is 0 Å². The Morgan fingerprint density at radius 3 is 2.55 bits per heavy atom. The van der Waals surface area contributed by atoms with Gasteiger partial charge in [-0.05, 0) is 25.0 Å². The summed E-state index contributed by atoms with van der Waals surface area (Å²) in [6.45, 7) is 11.8. The van der Waals surface area contributed by atoms with E-state index < -0.39 is 0 Å². The molecule has 0 bridgehead atoms. The van der Waals surface area contributed by atoms with Gasteiger partial charge >= 0.3 is 0 Å². The van der Waals surface area contributed by atoms with Crippen molar-refractivity contribution in [1.29, 1.82) is 0 Å². The zero-order valence-electron chi connectivity index (χ0n) is 13.0. The second-order valence-corrected chi connectivity index (χ2v) is 7.28. The molecule has 0 radical (unpaired) electrons. The minimum absolute atomic E-state index is 0.135. The quantitative estimate of drug-likeness (QED) is 0.889. The molecule has 1 N–H and O–H groups in total. The van der Waals surface area contributed by atoms with Gasteiger partial charge in [0, 0.05) is 23.4 Å². The largest absolute Gasteiger partial charge is 0.304 e. The molecular formula is C17H24N2S. The number of aryl methyl sites for hydroxylation is 1. The first-order valence-corrected chi connectivity index (χ1v) is 7.99. The Kier molecular flexibility index (Phi) is 4.61. The zero-order valence-corrected chi connectivity index (χ0v) is 13.8. The van der Waals surface area contributed by atoms with Crippen molar-refractivity contribution in [2.45, 2.75) is 52.6 Å². The van der Waals surface area contributed by atoms with Gasteiger partial charge in [0.05, 0.1) is 5.69 Å². The van der Waals surface area contributed by atoms with Crippen LogP contribution in [0.4, 0.5) is 0 Å². The van der Waals surface area contributed by atoms with Crippen LogP contribution in [0.25, 0.3) is 0 Å². The van der Waals surface area contributed by atoms with Gasteiger partial charge in [0.2, 0.25) is 0 Å². The Balaban J connectivity index is 1.99. The molecule has 0 aliphatic rings. The molecule has 3 heteroatoms. The predicted octanol–water partition coefficient (Wildman–Crippen LogP) is 4.60. The molecule has 1 atom stereocenters. The Hall–Kier alpha value is -1.19. The fraction of sp³-hybridized carbons (Fsp3) is 0.471. The molecule has 2 rings (SSSR count). The van der Waals surface area contributed by atoms with Crippen LogP contribution in [0.3, 0.4) is 0 Å². The number of hydrogen-bond acceptors (Lipinski definition) is 3. The van der Waals surface area contributed by atoms with Crippen molar-refractivity contribution in [2.75, 3.05) is 0 Å². The lowest BCUT2D eigenvalue weighted by Gasteiger charge is -2.16. The van der Waals surface area contributed by atoms with E-state index in [-0.39, 0.29) is 5.41 Å². The summed E-state index contributed by atoms with van der Waals surface area (Å²) in [5.41, 5.74) is 4.01. The fourth-order valence-corrected chi connectivity index (χ4v) is 3.13. The second-order valence-electron chi connectivity index (χ2n) is 6.34. The second kappa shape index (κ2) is 6.06. The Bertz CT molecular complexity index is 566. The van der Waals surface area contributed by atoms with E-state index >= 15 is 0 Å². The van der Waals surface area contributed by atoms with Crippen LogP contribution in [0.2, 0.25) is 0 Å². The molecule has 0 aliphatic carbocycles. The number of thiazole rings is 1. The number of nitrogens with zero attached hydrogens (tertiary/aromatic N) is 1. The van der Waals surface area contributed by atoms with Crippen LogP contribution >= 0.6 is 11.3 Å². The van der Waals surface area contributed by atoms with Gasteiger partial charge in [-0.1, -0.05) is 45.0 Å². The lowest BCUT2D eigenvalue weighted by atomic mass is 9.93. The van der Waals surface area contributed by atoms with Crippen LogP contribution in [0.15, 0.2) is 29.6 Å². The molecular weight excluding hydrogens is 264 g/mol. The molecule has 0 amide bonds. The molecule has 108 valence electrons. The van der Waals surface area contributed by atoms with E-state index in [0.717, 1.165) is 11.6 Å². The van der Waals surface area contributed by atoms with Gasteiger partial charge in [0.1, 0.15) is 5.01 Å². The smallest absolute Gasteiger partial charge is 0.107 e. The van der Waals surface area contributed by atoms with Crippen molar-refractivity contribution < 1.29 is 0 Å². The maximum absolute atomic E-state index is 4.73. The summed E-state index contributed by atoms with van der Waals surface area (Å²) in [7, 11) is 0.